The van der Waals surface area contributed by atoms with E-state index in [0.29, 0.717) is 5.69 Å². The van der Waals surface area contributed by atoms with E-state index in [1.807, 2.05) is 24.3 Å². The fourth-order valence-electron chi connectivity index (χ4n) is 2.49. The Kier molecular flexibility index (Phi) is 4.18. The first-order chi connectivity index (χ1) is 10.5. The van der Waals surface area contributed by atoms with E-state index in [0.717, 1.165) is 22.4 Å². The van der Waals surface area contributed by atoms with Gasteiger partial charge in [0, 0.05) is 5.75 Å². The number of amides is 2. The van der Waals surface area contributed by atoms with Gasteiger partial charge < -0.3 is 5.32 Å². The van der Waals surface area contributed by atoms with Gasteiger partial charge in [-0.1, -0.05) is 35.7 Å². The molecule has 0 unspecified atom stereocenters. The van der Waals surface area contributed by atoms with Crippen LogP contribution in [0.2, 0.25) is 0 Å². The summed E-state index contributed by atoms with van der Waals surface area (Å²) >= 11 is 3.13. The van der Waals surface area contributed by atoms with Crippen LogP contribution in [0.5, 0.6) is 0 Å². The first-order valence-corrected chi connectivity index (χ1v) is 9.01. The molecule has 1 N–H and O–H groups in total. The van der Waals surface area contributed by atoms with Crippen LogP contribution in [0, 0.1) is 0 Å². The predicted octanol–water partition coefficient (Wildman–Crippen LogP) is 2.59. The van der Waals surface area contributed by atoms with Crippen molar-refractivity contribution in [3.05, 3.63) is 24.3 Å². The van der Waals surface area contributed by atoms with Gasteiger partial charge >= 0.3 is 0 Å². The number of nitrogens with zero attached hydrogens (tertiary/aromatic N) is 2. The zero-order chi connectivity index (χ0) is 15.7. The van der Waals surface area contributed by atoms with Gasteiger partial charge in [0.25, 0.3) is 0 Å². The number of aliphatic imine (C=N–C) groups is 1. The van der Waals surface area contributed by atoms with E-state index in [-0.39, 0.29) is 17.6 Å². The van der Waals surface area contributed by atoms with Gasteiger partial charge in [-0.15, -0.1) is 0 Å². The van der Waals surface area contributed by atoms with Crippen LogP contribution in [0.1, 0.15) is 13.8 Å². The third kappa shape index (κ3) is 2.75. The summed E-state index contributed by atoms with van der Waals surface area (Å²) in [5.74, 6) is 1.03. The van der Waals surface area contributed by atoms with Gasteiger partial charge in [-0.25, -0.2) is 0 Å². The quantitative estimate of drug-likeness (QED) is 0.902. The highest BCUT2D eigenvalue weighted by Crippen LogP contribution is 2.37. The highest BCUT2D eigenvalue weighted by atomic mass is 32.2. The van der Waals surface area contributed by atoms with Crippen LogP contribution in [0.3, 0.4) is 0 Å². The lowest BCUT2D eigenvalue weighted by atomic mass is 9.96. The first kappa shape index (κ1) is 15.4. The molecular weight excluding hydrogens is 318 g/mol. The molecule has 116 valence electrons. The van der Waals surface area contributed by atoms with Gasteiger partial charge in [0.05, 0.1) is 23.7 Å². The standard InChI is InChI=1S/C15H17N3O2S2/c1-15(2)13(20)17-10-5-3-4-6-11(10)18(15)12(19)9-22-14-16-7-8-21-14/h3-6H,7-9H2,1-2H3,(H,17,20). The van der Waals surface area contributed by atoms with Crippen molar-refractivity contribution in [1.82, 2.24) is 0 Å². The molecule has 0 bridgehead atoms. The molecule has 2 heterocycles. The molecule has 22 heavy (non-hydrogen) atoms. The topological polar surface area (TPSA) is 61.8 Å². The Bertz CT molecular complexity index is 658. The zero-order valence-electron chi connectivity index (χ0n) is 12.5. The van der Waals surface area contributed by atoms with Gasteiger partial charge in [-0.05, 0) is 26.0 Å². The third-order valence-corrected chi connectivity index (χ3v) is 5.87. The molecule has 1 aromatic carbocycles. The van der Waals surface area contributed by atoms with Crippen LogP contribution >= 0.6 is 23.5 Å². The number of thioether (sulfide) groups is 2. The van der Waals surface area contributed by atoms with Crippen molar-refractivity contribution < 1.29 is 9.59 Å². The number of nitrogens with one attached hydrogen (secondary N) is 1. The number of para-hydroxylation sites is 2. The lowest BCUT2D eigenvalue weighted by Crippen LogP contribution is -2.59. The molecule has 2 aliphatic rings. The Balaban J connectivity index is 1.85. The Morgan fingerprint density at radius 2 is 2.23 bits per heavy atom. The van der Waals surface area contributed by atoms with E-state index in [1.165, 1.54) is 11.8 Å². The largest absolute Gasteiger partial charge is 0.322 e. The van der Waals surface area contributed by atoms with E-state index in [4.69, 9.17) is 0 Å². The average Bonchev–Trinajstić information content (AvgIpc) is 2.99. The van der Waals surface area contributed by atoms with E-state index in [2.05, 4.69) is 10.3 Å². The number of hydrogen-bond acceptors (Lipinski definition) is 5. The Morgan fingerprint density at radius 1 is 1.45 bits per heavy atom. The molecule has 7 heteroatoms. The molecule has 0 atom stereocenters. The van der Waals surface area contributed by atoms with Crippen LogP contribution in [-0.2, 0) is 9.59 Å². The number of fused-ring (bicyclic) bond motifs is 1. The summed E-state index contributed by atoms with van der Waals surface area (Å²) in [5, 5.41) is 2.86. The molecule has 0 radical (unpaired) electrons. The molecular formula is C15H17N3O2S2. The van der Waals surface area contributed by atoms with Gasteiger partial charge in [-0.2, -0.15) is 0 Å². The minimum atomic E-state index is -0.906. The van der Waals surface area contributed by atoms with Gasteiger partial charge in [0.15, 0.2) is 0 Å². The number of carbonyl (C=O) groups is 2. The van der Waals surface area contributed by atoms with Crippen molar-refractivity contribution in [3.63, 3.8) is 0 Å². The minimum Gasteiger partial charge on any atom is -0.322 e. The van der Waals surface area contributed by atoms with Crippen molar-refractivity contribution in [1.29, 1.82) is 0 Å². The fraction of sp³-hybridized carbons (Fsp3) is 0.400. The monoisotopic (exact) mass is 335 g/mol. The van der Waals surface area contributed by atoms with E-state index in [1.54, 1.807) is 30.5 Å². The molecule has 0 spiro atoms. The summed E-state index contributed by atoms with van der Waals surface area (Å²) in [6.45, 7) is 4.35. The summed E-state index contributed by atoms with van der Waals surface area (Å²) in [5.41, 5.74) is 0.521. The van der Waals surface area contributed by atoms with Gasteiger partial charge in [0.1, 0.15) is 9.91 Å². The fourth-order valence-corrected chi connectivity index (χ4v) is 4.35. The van der Waals surface area contributed by atoms with Crippen LogP contribution in [0.25, 0.3) is 0 Å². The number of rotatable bonds is 2. The molecule has 0 aromatic heterocycles. The van der Waals surface area contributed by atoms with Gasteiger partial charge in [0.2, 0.25) is 11.8 Å². The van der Waals surface area contributed by atoms with Crippen molar-refractivity contribution in [2.24, 2.45) is 4.99 Å². The summed E-state index contributed by atoms with van der Waals surface area (Å²) in [7, 11) is 0. The van der Waals surface area contributed by atoms with Crippen LogP contribution in [-0.4, -0.2) is 39.8 Å². The molecule has 1 aromatic rings. The smallest absolute Gasteiger partial charge is 0.250 e. The lowest BCUT2D eigenvalue weighted by Gasteiger charge is -2.42. The summed E-state index contributed by atoms with van der Waals surface area (Å²) < 4.78 is 0.959. The number of hydrogen-bond donors (Lipinski definition) is 1. The average molecular weight is 335 g/mol. The van der Waals surface area contributed by atoms with Gasteiger partial charge in [-0.3, -0.25) is 19.5 Å². The highest BCUT2D eigenvalue weighted by Gasteiger charge is 2.43. The molecule has 3 rings (SSSR count). The second kappa shape index (κ2) is 5.96. The second-order valence-electron chi connectivity index (χ2n) is 5.54. The summed E-state index contributed by atoms with van der Waals surface area (Å²) in [6.07, 6.45) is 0. The predicted molar refractivity (Wildman–Crippen MR) is 93.9 cm³/mol. The SMILES string of the molecule is CC1(C)C(=O)Nc2ccccc2N1C(=O)CSC1=NCCS1. The van der Waals surface area contributed by atoms with E-state index in [9.17, 15) is 9.59 Å². The normalized spacial score (nSPS) is 19.5. The first-order valence-electron chi connectivity index (χ1n) is 7.04. The Hall–Kier alpha value is -1.47. The number of carbonyl (C=O) groups excluding carboxylic acids is 2. The van der Waals surface area contributed by atoms with Crippen molar-refractivity contribution >= 4 is 51.1 Å². The maximum Gasteiger partial charge on any atom is 0.250 e. The lowest BCUT2D eigenvalue weighted by molar-refractivity contribution is -0.125. The Morgan fingerprint density at radius 3 is 2.95 bits per heavy atom. The van der Waals surface area contributed by atoms with E-state index >= 15 is 0 Å². The molecule has 2 amide bonds. The molecule has 0 aliphatic carbocycles. The van der Waals surface area contributed by atoms with Crippen LogP contribution < -0.4 is 10.2 Å². The number of anilines is 2. The Labute approximate surface area is 137 Å². The van der Waals surface area contributed by atoms with Crippen molar-refractivity contribution in [3.8, 4) is 0 Å². The van der Waals surface area contributed by atoms with Crippen LogP contribution in [0.15, 0.2) is 29.3 Å². The highest BCUT2D eigenvalue weighted by molar-refractivity contribution is 8.39. The zero-order valence-corrected chi connectivity index (χ0v) is 14.1. The van der Waals surface area contributed by atoms with Crippen molar-refractivity contribution in [2.75, 3.05) is 28.3 Å². The van der Waals surface area contributed by atoms with Crippen molar-refractivity contribution in [2.45, 2.75) is 19.4 Å². The van der Waals surface area contributed by atoms with E-state index < -0.39 is 5.54 Å². The third-order valence-electron chi connectivity index (χ3n) is 3.63. The number of benzene rings is 1. The molecule has 0 saturated carbocycles. The second-order valence-corrected chi connectivity index (χ2v) is 7.85. The summed E-state index contributed by atoms with van der Waals surface area (Å²) in [6, 6.07) is 7.39. The minimum absolute atomic E-state index is 0.0764. The molecule has 0 saturated heterocycles. The molecule has 2 aliphatic heterocycles. The molecule has 0 fully saturated rings. The summed E-state index contributed by atoms with van der Waals surface area (Å²) in [4.78, 5) is 31.0. The maximum absolute atomic E-state index is 12.7. The molecule has 5 nitrogen and oxygen atoms in total. The maximum atomic E-state index is 12.7. The van der Waals surface area contributed by atoms with Crippen LogP contribution in [0.4, 0.5) is 11.4 Å².